The molecule has 0 aliphatic carbocycles. The largest absolute Gasteiger partial charge is 0.493 e. The van der Waals surface area contributed by atoms with Gasteiger partial charge in [0.2, 0.25) is 11.8 Å². The first kappa shape index (κ1) is 36.2. The van der Waals surface area contributed by atoms with Crippen molar-refractivity contribution in [3.05, 3.63) is 119 Å². The molecule has 2 amide bonds. The van der Waals surface area contributed by atoms with Crippen LogP contribution >= 0.6 is 11.6 Å². The number of rotatable bonds is 16. The van der Waals surface area contributed by atoms with Gasteiger partial charge in [-0.3, -0.25) is 13.9 Å². The van der Waals surface area contributed by atoms with Crippen molar-refractivity contribution >= 4 is 39.1 Å². The molecule has 0 heterocycles. The van der Waals surface area contributed by atoms with Gasteiger partial charge in [0.25, 0.3) is 10.0 Å². The van der Waals surface area contributed by atoms with Crippen molar-refractivity contribution in [2.24, 2.45) is 0 Å². The predicted molar refractivity (Wildman–Crippen MR) is 184 cm³/mol. The minimum absolute atomic E-state index is 0.113. The Morgan fingerprint density at radius 2 is 1.56 bits per heavy atom. The van der Waals surface area contributed by atoms with E-state index in [1.165, 1.54) is 79.8 Å². The molecule has 0 unspecified atom stereocenters. The van der Waals surface area contributed by atoms with Gasteiger partial charge in [0.1, 0.15) is 18.4 Å². The van der Waals surface area contributed by atoms with Crippen LogP contribution in [0.25, 0.3) is 0 Å². The van der Waals surface area contributed by atoms with Gasteiger partial charge in [-0.2, -0.15) is 0 Å². The number of sulfonamides is 1. The molecule has 9 nitrogen and oxygen atoms in total. The molecule has 0 spiro atoms. The van der Waals surface area contributed by atoms with Crippen LogP contribution < -0.4 is 19.1 Å². The number of hydrogen-bond donors (Lipinski definition) is 1. The van der Waals surface area contributed by atoms with Gasteiger partial charge in [-0.1, -0.05) is 73.5 Å². The van der Waals surface area contributed by atoms with Crippen molar-refractivity contribution in [3.8, 4) is 11.5 Å². The number of nitrogens with zero attached hydrogens (tertiary/aromatic N) is 2. The van der Waals surface area contributed by atoms with Gasteiger partial charge < -0.3 is 19.7 Å². The number of methoxy groups -OCH3 is 2. The van der Waals surface area contributed by atoms with E-state index in [2.05, 4.69) is 5.32 Å². The Hall–Kier alpha value is -4.61. The van der Waals surface area contributed by atoms with Crippen LogP contribution in [0.2, 0.25) is 5.02 Å². The topological polar surface area (TPSA) is 105 Å². The zero-order valence-corrected chi connectivity index (χ0v) is 28.6. The zero-order chi connectivity index (χ0) is 34.7. The molecule has 48 heavy (non-hydrogen) atoms. The average molecular weight is 696 g/mol. The highest BCUT2D eigenvalue weighted by Gasteiger charge is 2.35. The molecule has 0 aliphatic rings. The first-order chi connectivity index (χ1) is 23.1. The van der Waals surface area contributed by atoms with E-state index in [9.17, 15) is 18.0 Å². The zero-order valence-electron chi connectivity index (χ0n) is 27.1. The lowest BCUT2D eigenvalue weighted by Gasteiger charge is -2.34. The van der Waals surface area contributed by atoms with Crippen LogP contribution in [0.1, 0.15) is 30.9 Å². The van der Waals surface area contributed by atoms with Crippen LogP contribution in [0.5, 0.6) is 11.5 Å². The van der Waals surface area contributed by atoms with E-state index >= 15 is 4.39 Å². The van der Waals surface area contributed by atoms with Crippen molar-refractivity contribution in [2.75, 3.05) is 31.6 Å². The van der Waals surface area contributed by atoms with E-state index in [1.54, 1.807) is 6.07 Å². The number of carbonyl (C=O) groups excluding carboxylic acids is 2. The van der Waals surface area contributed by atoms with Crippen molar-refractivity contribution in [2.45, 2.75) is 43.7 Å². The van der Waals surface area contributed by atoms with Gasteiger partial charge in [0.05, 0.1) is 24.8 Å². The maximum atomic E-state index is 15.1. The summed E-state index contributed by atoms with van der Waals surface area (Å²) in [6.45, 7) is 1.38. The average Bonchev–Trinajstić information content (AvgIpc) is 3.09. The smallest absolute Gasteiger partial charge is 0.264 e. The normalized spacial score (nSPS) is 11.8. The van der Waals surface area contributed by atoms with Crippen LogP contribution in [0.4, 0.5) is 10.1 Å². The van der Waals surface area contributed by atoms with E-state index in [0.29, 0.717) is 17.3 Å². The van der Waals surface area contributed by atoms with Crippen LogP contribution in [0, 0.1) is 5.82 Å². The lowest BCUT2D eigenvalue weighted by atomic mass is 10.0. The maximum Gasteiger partial charge on any atom is 0.264 e. The van der Waals surface area contributed by atoms with Gasteiger partial charge >= 0.3 is 0 Å². The third-order valence-electron chi connectivity index (χ3n) is 7.74. The summed E-state index contributed by atoms with van der Waals surface area (Å²) in [6, 6.07) is 24.1. The van der Waals surface area contributed by atoms with Crippen LogP contribution in [0.3, 0.4) is 0 Å². The monoisotopic (exact) mass is 695 g/mol. The molecular formula is C36H39ClFN3O6S. The molecule has 4 aromatic carbocycles. The Kier molecular flexibility index (Phi) is 12.8. The Morgan fingerprint density at radius 1 is 0.896 bits per heavy atom. The standard InChI is InChI=1S/C36H39ClFN3O6S/c1-4-5-21-39-36(43)32(22-26-11-7-6-8-12-26)40(24-27-13-9-10-14-31(27)38)35(42)25-41(29-17-15-28(37)16-18-29)48(44,45)30-19-20-33(46-2)34(23-30)47-3/h6-20,23,32H,4-5,21-22,24-25H2,1-3H3,(H,39,43)/t32-/m1/s1. The van der Waals surface area contributed by atoms with Crippen LogP contribution in [0.15, 0.2) is 102 Å². The molecule has 1 N–H and O–H groups in total. The highest BCUT2D eigenvalue weighted by atomic mass is 35.5. The minimum atomic E-state index is -4.42. The molecule has 1 atom stereocenters. The number of amides is 2. The number of halogens is 2. The molecule has 0 aliphatic heterocycles. The summed E-state index contributed by atoms with van der Waals surface area (Å²) in [5.41, 5.74) is 1.10. The number of anilines is 1. The highest BCUT2D eigenvalue weighted by Crippen LogP contribution is 2.33. The quantitative estimate of drug-likeness (QED) is 0.139. The second-order valence-electron chi connectivity index (χ2n) is 11.0. The summed E-state index contributed by atoms with van der Waals surface area (Å²) in [4.78, 5) is 29.4. The fourth-order valence-corrected chi connectivity index (χ4v) is 6.67. The summed E-state index contributed by atoms with van der Waals surface area (Å²) >= 11 is 6.13. The second-order valence-corrected chi connectivity index (χ2v) is 13.3. The summed E-state index contributed by atoms with van der Waals surface area (Å²) in [6.07, 6.45) is 1.67. The molecule has 4 aromatic rings. The molecule has 0 fully saturated rings. The van der Waals surface area contributed by atoms with Crippen LogP contribution in [-0.2, 0) is 32.6 Å². The molecule has 254 valence electrons. The van der Waals surface area contributed by atoms with E-state index in [-0.39, 0.29) is 34.9 Å². The molecule has 0 saturated heterocycles. The van der Waals surface area contributed by atoms with Gasteiger partial charge in [0.15, 0.2) is 11.5 Å². The van der Waals surface area contributed by atoms with E-state index in [4.69, 9.17) is 21.1 Å². The maximum absolute atomic E-state index is 15.1. The fourth-order valence-electron chi connectivity index (χ4n) is 5.11. The van der Waals surface area contributed by atoms with Gasteiger partial charge in [-0.15, -0.1) is 0 Å². The molecule has 0 saturated carbocycles. The molecule has 4 rings (SSSR count). The molecule has 0 aromatic heterocycles. The molecule has 0 radical (unpaired) electrons. The first-order valence-corrected chi connectivity index (χ1v) is 17.3. The molecular weight excluding hydrogens is 657 g/mol. The number of benzene rings is 4. The van der Waals surface area contributed by atoms with E-state index in [0.717, 1.165) is 22.7 Å². The second kappa shape index (κ2) is 17.0. The van der Waals surface area contributed by atoms with Gasteiger partial charge in [-0.25, -0.2) is 12.8 Å². The lowest BCUT2D eigenvalue weighted by molar-refractivity contribution is -0.140. The van der Waals surface area contributed by atoms with Gasteiger partial charge in [-0.05, 0) is 54.4 Å². The lowest BCUT2D eigenvalue weighted by Crippen LogP contribution is -2.53. The summed E-state index contributed by atoms with van der Waals surface area (Å²) < 4.78 is 55.3. The fraction of sp³-hybridized carbons (Fsp3) is 0.278. The third-order valence-corrected chi connectivity index (χ3v) is 9.76. The Bertz CT molecular complexity index is 1790. The number of carbonyl (C=O) groups is 2. The van der Waals surface area contributed by atoms with Crippen LogP contribution in [-0.4, -0.2) is 58.5 Å². The summed E-state index contributed by atoms with van der Waals surface area (Å²) in [7, 11) is -1.61. The number of hydrogen-bond acceptors (Lipinski definition) is 6. The van der Waals surface area contributed by atoms with E-state index < -0.39 is 40.2 Å². The number of unbranched alkanes of at least 4 members (excludes halogenated alkanes) is 1. The Morgan fingerprint density at radius 3 is 2.21 bits per heavy atom. The minimum Gasteiger partial charge on any atom is -0.493 e. The van der Waals surface area contributed by atoms with E-state index in [1.807, 2.05) is 37.3 Å². The molecule has 12 heteroatoms. The summed E-state index contributed by atoms with van der Waals surface area (Å²) in [5.74, 6) is -1.22. The van der Waals surface area contributed by atoms with Crippen molar-refractivity contribution < 1.29 is 31.9 Å². The van der Waals surface area contributed by atoms with Crippen molar-refractivity contribution in [3.63, 3.8) is 0 Å². The van der Waals surface area contributed by atoms with Gasteiger partial charge in [0, 0.05) is 36.2 Å². The Balaban J connectivity index is 1.82. The summed E-state index contributed by atoms with van der Waals surface area (Å²) in [5, 5.41) is 3.27. The predicted octanol–water partition coefficient (Wildman–Crippen LogP) is 6.25. The SMILES string of the molecule is CCCCNC(=O)[C@@H](Cc1ccccc1)N(Cc1ccccc1F)C(=O)CN(c1ccc(Cl)cc1)S(=O)(=O)c1ccc(OC)c(OC)c1. The third kappa shape index (κ3) is 9.05. The molecule has 0 bridgehead atoms. The number of nitrogens with one attached hydrogen (secondary N) is 1. The Labute approximate surface area is 286 Å². The van der Waals surface area contributed by atoms with Crippen molar-refractivity contribution in [1.82, 2.24) is 10.2 Å². The van der Waals surface area contributed by atoms with Crippen molar-refractivity contribution in [1.29, 1.82) is 0 Å². The number of ether oxygens (including phenoxy) is 2. The first-order valence-electron chi connectivity index (χ1n) is 15.4. The highest BCUT2D eigenvalue weighted by molar-refractivity contribution is 7.92.